The third-order valence-electron chi connectivity index (χ3n) is 3.42. The second-order valence-electron chi connectivity index (χ2n) is 4.74. The Kier molecular flexibility index (Phi) is 6.38. The largest absolute Gasteiger partial charge is 0.388 e. The maximum atomic E-state index is 12.0. The summed E-state index contributed by atoms with van der Waals surface area (Å²) in [7, 11) is 0. The first kappa shape index (κ1) is 16.1. The van der Waals surface area contributed by atoms with Crippen LogP contribution in [0, 0.1) is 0 Å². The molecule has 0 aliphatic carbocycles. The number of rotatable bonds is 7. The van der Waals surface area contributed by atoms with Gasteiger partial charge in [0.25, 0.3) is 5.91 Å². The van der Waals surface area contributed by atoms with Crippen molar-refractivity contribution in [2.75, 3.05) is 12.8 Å². The van der Waals surface area contributed by atoms with Gasteiger partial charge in [0.1, 0.15) is 0 Å². The van der Waals surface area contributed by atoms with Crippen molar-refractivity contribution in [3.63, 3.8) is 0 Å². The van der Waals surface area contributed by atoms with Crippen molar-refractivity contribution in [1.29, 1.82) is 0 Å². The van der Waals surface area contributed by atoms with Crippen LogP contribution in [0.25, 0.3) is 0 Å². The summed E-state index contributed by atoms with van der Waals surface area (Å²) >= 11 is 1.75. The van der Waals surface area contributed by atoms with E-state index in [2.05, 4.69) is 11.6 Å². The molecule has 1 amide bonds. The molecule has 1 rings (SSSR count). The predicted octanol–water partition coefficient (Wildman–Crippen LogP) is 2.83. The highest BCUT2D eigenvalue weighted by molar-refractivity contribution is 7.97. The first-order chi connectivity index (χ1) is 9.04. The van der Waals surface area contributed by atoms with Gasteiger partial charge in [0.05, 0.1) is 5.60 Å². The van der Waals surface area contributed by atoms with Gasteiger partial charge in [-0.1, -0.05) is 26.0 Å². The lowest BCUT2D eigenvalue weighted by Gasteiger charge is -2.25. The lowest BCUT2D eigenvalue weighted by molar-refractivity contribution is 0.0314. The Morgan fingerprint density at radius 3 is 2.32 bits per heavy atom. The Morgan fingerprint density at radius 2 is 1.84 bits per heavy atom. The van der Waals surface area contributed by atoms with Crippen LogP contribution in [0.4, 0.5) is 0 Å². The summed E-state index contributed by atoms with van der Waals surface area (Å²) < 4.78 is 0. The highest BCUT2D eigenvalue weighted by Gasteiger charge is 2.22. The Hall–Kier alpha value is -1.00. The average Bonchev–Trinajstić information content (AvgIpc) is 2.45. The fourth-order valence-corrected chi connectivity index (χ4v) is 2.29. The van der Waals surface area contributed by atoms with Gasteiger partial charge in [0, 0.05) is 17.9 Å². The van der Waals surface area contributed by atoms with E-state index in [1.165, 1.54) is 5.56 Å². The van der Waals surface area contributed by atoms with Crippen molar-refractivity contribution in [2.45, 2.75) is 38.0 Å². The van der Waals surface area contributed by atoms with Crippen LogP contribution in [0.1, 0.15) is 42.6 Å². The van der Waals surface area contributed by atoms with E-state index in [0.29, 0.717) is 24.9 Å². The number of hydrogen-bond donors (Lipinski definition) is 2. The number of amides is 1. The molecule has 4 heteroatoms. The molecule has 0 saturated carbocycles. The molecule has 1 aromatic carbocycles. The summed E-state index contributed by atoms with van der Waals surface area (Å²) in [6, 6.07) is 7.60. The molecule has 0 bridgehead atoms. The maximum Gasteiger partial charge on any atom is 0.251 e. The van der Waals surface area contributed by atoms with E-state index in [1.807, 2.05) is 38.1 Å². The van der Waals surface area contributed by atoms with E-state index in [0.717, 1.165) is 5.75 Å². The Labute approximate surface area is 119 Å². The lowest BCUT2D eigenvalue weighted by atomic mass is 9.97. The van der Waals surface area contributed by atoms with Crippen molar-refractivity contribution in [3.8, 4) is 0 Å². The minimum atomic E-state index is -0.797. The minimum Gasteiger partial charge on any atom is -0.388 e. The van der Waals surface area contributed by atoms with E-state index in [1.54, 1.807) is 11.8 Å². The van der Waals surface area contributed by atoms with Gasteiger partial charge in [0.2, 0.25) is 0 Å². The minimum absolute atomic E-state index is 0.129. The molecule has 0 heterocycles. The molecule has 0 saturated heterocycles. The topological polar surface area (TPSA) is 49.3 Å². The van der Waals surface area contributed by atoms with Crippen LogP contribution in [0.15, 0.2) is 24.3 Å². The van der Waals surface area contributed by atoms with E-state index in [4.69, 9.17) is 0 Å². The molecule has 0 spiro atoms. The standard InChI is InChI=1S/C15H23NO2S/c1-4-15(18,5-2)11-16-14(17)13-8-6-12(7-9-13)10-19-3/h6-9,18H,4-5,10-11H2,1-3H3,(H,16,17). The number of carbonyl (C=O) groups is 1. The van der Waals surface area contributed by atoms with Crippen molar-refractivity contribution in [3.05, 3.63) is 35.4 Å². The fraction of sp³-hybridized carbons (Fsp3) is 0.533. The average molecular weight is 281 g/mol. The number of benzene rings is 1. The zero-order chi connectivity index (χ0) is 14.3. The quantitative estimate of drug-likeness (QED) is 0.808. The van der Waals surface area contributed by atoms with Crippen LogP contribution < -0.4 is 5.32 Å². The SMILES string of the molecule is CCC(O)(CC)CNC(=O)c1ccc(CSC)cc1. The smallest absolute Gasteiger partial charge is 0.251 e. The summed E-state index contributed by atoms with van der Waals surface area (Å²) in [6.45, 7) is 4.14. The Balaban J connectivity index is 2.58. The van der Waals surface area contributed by atoms with Crippen LogP contribution in [0.3, 0.4) is 0 Å². The molecule has 0 atom stereocenters. The van der Waals surface area contributed by atoms with Crippen LogP contribution >= 0.6 is 11.8 Å². The summed E-state index contributed by atoms with van der Waals surface area (Å²) in [6.07, 6.45) is 3.32. The third kappa shape index (κ3) is 4.88. The summed E-state index contributed by atoms with van der Waals surface area (Å²) in [5, 5.41) is 12.9. The maximum absolute atomic E-state index is 12.0. The molecule has 3 nitrogen and oxygen atoms in total. The van der Waals surface area contributed by atoms with E-state index in [-0.39, 0.29) is 5.91 Å². The third-order valence-corrected chi connectivity index (χ3v) is 4.04. The molecule has 19 heavy (non-hydrogen) atoms. The molecular formula is C15H23NO2S. The zero-order valence-corrected chi connectivity index (χ0v) is 12.7. The molecule has 106 valence electrons. The van der Waals surface area contributed by atoms with Gasteiger partial charge in [-0.05, 0) is 36.8 Å². The second-order valence-corrected chi connectivity index (χ2v) is 5.61. The molecule has 1 aromatic rings. The van der Waals surface area contributed by atoms with E-state index < -0.39 is 5.60 Å². The fourth-order valence-electron chi connectivity index (χ4n) is 1.77. The Morgan fingerprint density at radius 1 is 1.26 bits per heavy atom. The van der Waals surface area contributed by atoms with Gasteiger partial charge in [0.15, 0.2) is 0 Å². The van der Waals surface area contributed by atoms with Crippen LogP contribution in [-0.2, 0) is 5.75 Å². The van der Waals surface area contributed by atoms with Crippen LogP contribution in [0.2, 0.25) is 0 Å². The van der Waals surface area contributed by atoms with Crippen LogP contribution in [-0.4, -0.2) is 29.4 Å². The number of carbonyl (C=O) groups excluding carboxylic acids is 1. The molecule has 0 aliphatic heterocycles. The first-order valence-corrected chi connectivity index (χ1v) is 8.02. The van der Waals surface area contributed by atoms with Crippen molar-refractivity contribution >= 4 is 17.7 Å². The molecule has 2 N–H and O–H groups in total. The zero-order valence-electron chi connectivity index (χ0n) is 11.9. The van der Waals surface area contributed by atoms with Crippen molar-refractivity contribution in [2.24, 2.45) is 0 Å². The van der Waals surface area contributed by atoms with Crippen molar-refractivity contribution < 1.29 is 9.90 Å². The summed E-state index contributed by atoms with van der Waals surface area (Å²) in [4.78, 5) is 12.0. The van der Waals surface area contributed by atoms with Gasteiger partial charge < -0.3 is 10.4 Å². The van der Waals surface area contributed by atoms with Crippen LogP contribution in [0.5, 0.6) is 0 Å². The van der Waals surface area contributed by atoms with E-state index >= 15 is 0 Å². The molecule has 0 radical (unpaired) electrons. The Bertz CT molecular complexity index is 399. The van der Waals surface area contributed by atoms with Gasteiger partial charge in [-0.25, -0.2) is 0 Å². The first-order valence-electron chi connectivity index (χ1n) is 6.63. The monoisotopic (exact) mass is 281 g/mol. The predicted molar refractivity (Wildman–Crippen MR) is 81.5 cm³/mol. The molecule has 0 aromatic heterocycles. The normalized spacial score (nSPS) is 11.4. The van der Waals surface area contributed by atoms with Gasteiger partial charge in [-0.3, -0.25) is 4.79 Å². The summed E-state index contributed by atoms with van der Waals surface area (Å²) in [5.41, 5.74) is 1.05. The molecule has 0 unspecified atom stereocenters. The number of hydrogen-bond acceptors (Lipinski definition) is 3. The highest BCUT2D eigenvalue weighted by atomic mass is 32.2. The van der Waals surface area contributed by atoms with Gasteiger partial charge in [-0.2, -0.15) is 11.8 Å². The number of nitrogens with one attached hydrogen (secondary N) is 1. The number of aliphatic hydroxyl groups is 1. The molecular weight excluding hydrogens is 258 g/mol. The van der Waals surface area contributed by atoms with Gasteiger partial charge >= 0.3 is 0 Å². The summed E-state index contributed by atoms with van der Waals surface area (Å²) in [5.74, 6) is 0.823. The lowest BCUT2D eigenvalue weighted by Crippen LogP contribution is -2.42. The molecule has 0 fully saturated rings. The number of thioether (sulfide) groups is 1. The second kappa shape index (κ2) is 7.56. The van der Waals surface area contributed by atoms with Crippen molar-refractivity contribution in [1.82, 2.24) is 5.32 Å². The van der Waals surface area contributed by atoms with Gasteiger partial charge in [-0.15, -0.1) is 0 Å². The molecule has 0 aliphatic rings. The van der Waals surface area contributed by atoms with E-state index in [9.17, 15) is 9.90 Å². The highest BCUT2D eigenvalue weighted by Crippen LogP contribution is 2.14.